The first-order chi connectivity index (χ1) is 8.38. The number of hydrogen-bond donors (Lipinski definition) is 2. The Hall–Kier alpha value is -2.27. The summed E-state index contributed by atoms with van der Waals surface area (Å²) in [4.78, 5) is 8.63. The van der Waals surface area contributed by atoms with Crippen LogP contribution in [0.2, 0.25) is 0 Å². The molecule has 3 N–H and O–H groups in total. The number of hydrogen-bond acceptors (Lipinski definition) is 4. The molecular weight excluding hydrogens is 214 g/mol. The van der Waals surface area contributed by atoms with Crippen LogP contribution in [-0.4, -0.2) is 20.2 Å². The van der Waals surface area contributed by atoms with E-state index in [0.29, 0.717) is 18.2 Å². The maximum absolute atomic E-state index is 5.50. The summed E-state index contributed by atoms with van der Waals surface area (Å²) in [6.45, 7) is 0.345. The van der Waals surface area contributed by atoms with E-state index in [-0.39, 0.29) is 0 Å². The second-order valence-electron chi connectivity index (χ2n) is 3.69. The standard InChI is InChI=1S/C12H11N5/c13-7-10-15-12(17-16-10)11-9-4-2-1-3-8(9)5-6-14-11/h1-6H,7,13H2,(H,15,16,17). The molecule has 0 unspecified atom stereocenters. The molecule has 5 nitrogen and oxygen atoms in total. The molecule has 1 aromatic carbocycles. The van der Waals surface area contributed by atoms with Gasteiger partial charge in [0.05, 0.1) is 6.54 Å². The minimum Gasteiger partial charge on any atom is -0.324 e. The van der Waals surface area contributed by atoms with Gasteiger partial charge in [-0.25, -0.2) is 4.98 Å². The van der Waals surface area contributed by atoms with E-state index in [1.165, 1.54) is 0 Å². The van der Waals surface area contributed by atoms with E-state index in [0.717, 1.165) is 16.5 Å². The molecule has 84 valence electrons. The Balaban J connectivity index is 2.23. The Bertz CT molecular complexity index is 653. The van der Waals surface area contributed by atoms with Crippen molar-refractivity contribution in [1.82, 2.24) is 20.2 Å². The van der Waals surface area contributed by atoms with E-state index >= 15 is 0 Å². The number of H-pyrrole nitrogens is 1. The summed E-state index contributed by atoms with van der Waals surface area (Å²) in [7, 11) is 0. The fraction of sp³-hybridized carbons (Fsp3) is 0.0833. The van der Waals surface area contributed by atoms with Gasteiger partial charge in [0.2, 0.25) is 0 Å². The predicted molar refractivity (Wildman–Crippen MR) is 65.0 cm³/mol. The number of nitrogens with two attached hydrogens (primary N) is 1. The number of fused-ring (bicyclic) bond motifs is 1. The van der Waals surface area contributed by atoms with E-state index in [1.54, 1.807) is 6.20 Å². The lowest BCUT2D eigenvalue weighted by atomic mass is 10.1. The van der Waals surface area contributed by atoms with Crippen molar-refractivity contribution in [2.24, 2.45) is 5.73 Å². The van der Waals surface area contributed by atoms with Crippen LogP contribution in [0.15, 0.2) is 36.5 Å². The molecule has 0 bridgehead atoms. The zero-order chi connectivity index (χ0) is 11.7. The molecule has 0 aliphatic rings. The topological polar surface area (TPSA) is 80.5 Å². The fourth-order valence-electron chi connectivity index (χ4n) is 1.79. The monoisotopic (exact) mass is 225 g/mol. The molecule has 3 aromatic rings. The van der Waals surface area contributed by atoms with Gasteiger partial charge < -0.3 is 5.73 Å². The zero-order valence-corrected chi connectivity index (χ0v) is 9.09. The van der Waals surface area contributed by atoms with Crippen molar-refractivity contribution in [2.75, 3.05) is 0 Å². The van der Waals surface area contributed by atoms with Crippen molar-refractivity contribution in [2.45, 2.75) is 6.54 Å². The molecule has 2 heterocycles. The third-order valence-electron chi connectivity index (χ3n) is 2.61. The van der Waals surface area contributed by atoms with Gasteiger partial charge in [-0.05, 0) is 11.5 Å². The summed E-state index contributed by atoms with van der Waals surface area (Å²) < 4.78 is 0. The van der Waals surface area contributed by atoms with Gasteiger partial charge in [-0.15, -0.1) is 0 Å². The van der Waals surface area contributed by atoms with Gasteiger partial charge in [0, 0.05) is 11.6 Å². The quantitative estimate of drug-likeness (QED) is 0.692. The van der Waals surface area contributed by atoms with Crippen LogP contribution < -0.4 is 5.73 Å². The second kappa shape index (κ2) is 3.95. The summed E-state index contributed by atoms with van der Waals surface area (Å²) >= 11 is 0. The van der Waals surface area contributed by atoms with Gasteiger partial charge in [0.1, 0.15) is 11.5 Å². The molecule has 3 rings (SSSR count). The number of nitrogens with zero attached hydrogens (tertiary/aromatic N) is 3. The number of benzene rings is 1. The largest absolute Gasteiger partial charge is 0.324 e. The third-order valence-corrected chi connectivity index (χ3v) is 2.61. The first-order valence-corrected chi connectivity index (χ1v) is 5.34. The van der Waals surface area contributed by atoms with Crippen molar-refractivity contribution < 1.29 is 0 Å². The maximum atomic E-state index is 5.50. The van der Waals surface area contributed by atoms with Crippen molar-refractivity contribution >= 4 is 10.8 Å². The second-order valence-corrected chi connectivity index (χ2v) is 3.69. The summed E-state index contributed by atoms with van der Waals surface area (Å²) in [6.07, 6.45) is 1.76. The van der Waals surface area contributed by atoms with Crippen molar-refractivity contribution in [1.29, 1.82) is 0 Å². The van der Waals surface area contributed by atoms with E-state index in [9.17, 15) is 0 Å². The molecule has 0 saturated carbocycles. The van der Waals surface area contributed by atoms with Gasteiger partial charge in [-0.3, -0.25) is 10.1 Å². The lowest BCUT2D eigenvalue weighted by molar-refractivity contribution is 0.917. The van der Waals surface area contributed by atoms with Crippen molar-refractivity contribution in [3.05, 3.63) is 42.4 Å². The van der Waals surface area contributed by atoms with Crippen LogP contribution >= 0.6 is 0 Å². The molecule has 0 radical (unpaired) electrons. The third kappa shape index (κ3) is 1.66. The average molecular weight is 225 g/mol. The lowest BCUT2D eigenvalue weighted by Gasteiger charge is -2.00. The first kappa shape index (κ1) is 9.92. The SMILES string of the molecule is NCc1nc(-c2nccc3ccccc23)n[nH]1. The van der Waals surface area contributed by atoms with Crippen molar-refractivity contribution in [3.8, 4) is 11.5 Å². The summed E-state index contributed by atoms with van der Waals surface area (Å²) in [5, 5.41) is 9.08. The van der Waals surface area contributed by atoms with E-state index in [2.05, 4.69) is 20.2 Å². The average Bonchev–Trinajstić information content (AvgIpc) is 2.87. The number of aromatic amines is 1. The molecule has 0 aliphatic heterocycles. The van der Waals surface area contributed by atoms with Gasteiger partial charge in [0.15, 0.2) is 5.82 Å². The fourth-order valence-corrected chi connectivity index (χ4v) is 1.79. The Kier molecular flexibility index (Phi) is 2.31. The van der Waals surface area contributed by atoms with Gasteiger partial charge in [-0.2, -0.15) is 5.10 Å². The number of pyridine rings is 1. The van der Waals surface area contributed by atoms with E-state index < -0.39 is 0 Å². The van der Waals surface area contributed by atoms with Gasteiger partial charge >= 0.3 is 0 Å². The summed E-state index contributed by atoms with van der Waals surface area (Å²) in [5.41, 5.74) is 6.28. The molecule has 0 fully saturated rings. The minimum atomic E-state index is 0.345. The lowest BCUT2D eigenvalue weighted by Crippen LogP contribution is -1.98. The Labute approximate surface area is 97.7 Å². The van der Waals surface area contributed by atoms with Crippen LogP contribution in [-0.2, 0) is 6.54 Å². The molecule has 0 atom stereocenters. The van der Waals surface area contributed by atoms with E-state index in [4.69, 9.17) is 5.73 Å². The summed E-state index contributed by atoms with van der Waals surface area (Å²) in [6, 6.07) is 9.99. The maximum Gasteiger partial charge on any atom is 0.200 e. The Morgan fingerprint density at radius 1 is 1.18 bits per heavy atom. The molecule has 0 saturated heterocycles. The van der Waals surface area contributed by atoms with Crippen LogP contribution in [0.3, 0.4) is 0 Å². The highest BCUT2D eigenvalue weighted by molar-refractivity contribution is 5.92. The van der Waals surface area contributed by atoms with Gasteiger partial charge in [0.25, 0.3) is 0 Å². The Morgan fingerprint density at radius 3 is 2.88 bits per heavy atom. The molecule has 17 heavy (non-hydrogen) atoms. The highest BCUT2D eigenvalue weighted by Gasteiger charge is 2.09. The molecule has 5 heteroatoms. The highest BCUT2D eigenvalue weighted by Crippen LogP contribution is 2.23. The van der Waals surface area contributed by atoms with Crippen molar-refractivity contribution in [3.63, 3.8) is 0 Å². The molecule has 0 amide bonds. The van der Waals surface area contributed by atoms with Crippen LogP contribution in [0.25, 0.3) is 22.3 Å². The highest BCUT2D eigenvalue weighted by atomic mass is 15.2. The first-order valence-electron chi connectivity index (χ1n) is 5.34. The number of aromatic nitrogens is 4. The molecule has 0 spiro atoms. The number of nitrogens with one attached hydrogen (secondary N) is 1. The predicted octanol–water partition coefficient (Wildman–Crippen LogP) is 1.48. The van der Waals surface area contributed by atoms with Crippen LogP contribution in [0.1, 0.15) is 5.82 Å². The Morgan fingerprint density at radius 2 is 2.06 bits per heavy atom. The normalized spacial score (nSPS) is 10.9. The molecule has 0 aliphatic carbocycles. The van der Waals surface area contributed by atoms with Gasteiger partial charge in [-0.1, -0.05) is 24.3 Å². The number of rotatable bonds is 2. The van der Waals surface area contributed by atoms with Crippen LogP contribution in [0, 0.1) is 0 Å². The molecular formula is C12H11N5. The smallest absolute Gasteiger partial charge is 0.200 e. The summed E-state index contributed by atoms with van der Waals surface area (Å²) in [5.74, 6) is 1.25. The zero-order valence-electron chi connectivity index (χ0n) is 9.09. The molecule has 2 aromatic heterocycles. The van der Waals surface area contributed by atoms with Crippen LogP contribution in [0.5, 0.6) is 0 Å². The minimum absolute atomic E-state index is 0.345. The van der Waals surface area contributed by atoms with Crippen LogP contribution in [0.4, 0.5) is 0 Å². The van der Waals surface area contributed by atoms with E-state index in [1.807, 2.05) is 30.3 Å².